The number of rotatable bonds is 6. The Hall–Kier alpha value is -1.56. The molecule has 3 aliphatic rings. The number of amides is 1. The number of hydrogen-bond acceptors (Lipinski definition) is 7. The molecule has 0 aromatic heterocycles. The zero-order valence-electron chi connectivity index (χ0n) is 17.9. The van der Waals surface area contributed by atoms with Gasteiger partial charge in [0.1, 0.15) is 0 Å². The van der Waals surface area contributed by atoms with E-state index in [1.807, 2.05) is 17.0 Å². The summed E-state index contributed by atoms with van der Waals surface area (Å²) in [7, 11) is -3.48. The highest BCUT2D eigenvalue weighted by molar-refractivity contribution is 7.89. The van der Waals surface area contributed by atoms with Crippen molar-refractivity contribution in [2.45, 2.75) is 11.4 Å². The minimum atomic E-state index is -3.48. The highest BCUT2D eigenvalue weighted by Crippen LogP contribution is 2.19. The maximum absolute atomic E-state index is 12.9. The Morgan fingerprint density at radius 1 is 0.839 bits per heavy atom. The van der Waals surface area contributed by atoms with Gasteiger partial charge in [-0.3, -0.25) is 14.6 Å². The molecule has 3 fully saturated rings. The first-order chi connectivity index (χ1) is 15.0. The van der Waals surface area contributed by atoms with Crippen LogP contribution in [0.15, 0.2) is 29.2 Å². The first-order valence-corrected chi connectivity index (χ1v) is 12.4. The van der Waals surface area contributed by atoms with Crippen LogP contribution in [0, 0.1) is 0 Å². The highest BCUT2D eigenvalue weighted by Gasteiger charge is 2.27. The topological polar surface area (TPSA) is 82.6 Å². The lowest BCUT2D eigenvalue weighted by atomic mass is 10.2. The van der Waals surface area contributed by atoms with E-state index in [2.05, 4.69) is 9.80 Å². The second-order valence-corrected chi connectivity index (χ2v) is 10.1. The fourth-order valence-electron chi connectivity index (χ4n) is 4.21. The van der Waals surface area contributed by atoms with E-state index in [-0.39, 0.29) is 5.91 Å². The summed E-state index contributed by atoms with van der Waals surface area (Å²) in [4.78, 5) is 19.2. The number of carbonyl (C=O) groups is 1. The largest absolute Gasteiger partial charge is 0.379 e. The number of sulfonamides is 1. The van der Waals surface area contributed by atoms with Gasteiger partial charge in [-0.2, -0.15) is 4.31 Å². The maximum Gasteiger partial charge on any atom is 0.243 e. The van der Waals surface area contributed by atoms with Gasteiger partial charge >= 0.3 is 0 Å². The van der Waals surface area contributed by atoms with Crippen LogP contribution in [-0.2, 0) is 30.8 Å². The van der Waals surface area contributed by atoms with Crippen molar-refractivity contribution in [1.82, 2.24) is 19.0 Å². The van der Waals surface area contributed by atoms with Crippen molar-refractivity contribution < 1.29 is 22.7 Å². The van der Waals surface area contributed by atoms with E-state index in [0.717, 1.165) is 31.7 Å². The zero-order valence-corrected chi connectivity index (χ0v) is 18.8. The van der Waals surface area contributed by atoms with Crippen molar-refractivity contribution in [3.05, 3.63) is 29.8 Å². The molecule has 0 bridgehead atoms. The zero-order chi connectivity index (χ0) is 21.7. The Morgan fingerprint density at radius 3 is 2.13 bits per heavy atom. The maximum atomic E-state index is 12.9. The molecule has 4 rings (SSSR count). The van der Waals surface area contributed by atoms with E-state index in [1.54, 1.807) is 12.1 Å². The standard InChI is InChI=1S/C21H32N4O5S/c26-21(24-8-12-29-13-9-24)18-23-6-4-22(5-7-23)17-19-2-1-3-20(16-19)31(27,28)25-10-14-30-15-11-25/h1-3,16H,4-15,17-18H2. The Labute approximate surface area is 184 Å². The normalized spacial score (nSPS) is 22.5. The predicted octanol–water partition coefficient (Wildman–Crippen LogP) is -0.316. The summed E-state index contributed by atoms with van der Waals surface area (Å²) in [6, 6.07) is 7.26. The van der Waals surface area contributed by atoms with Gasteiger partial charge in [0.15, 0.2) is 0 Å². The Balaban J connectivity index is 1.28. The SMILES string of the molecule is O=C(CN1CCN(Cc2cccc(S(=O)(=O)N3CCOCC3)c2)CC1)N1CCOCC1. The lowest BCUT2D eigenvalue weighted by Crippen LogP contribution is -2.51. The number of morpholine rings is 2. The van der Waals surface area contributed by atoms with Crippen molar-refractivity contribution >= 4 is 15.9 Å². The van der Waals surface area contributed by atoms with Crippen LogP contribution in [0.1, 0.15) is 5.56 Å². The molecule has 31 heavy (non-hydrogen) atoms. The van der Waals surface area contributed by atoms with Crippen LogP contribution in [0.4, 0.5) is 0 Å². The molecule has 0 unspecified atom stereocenters. The van der Waals surface area contributed by atoms with Gasteiger partial charge in [0.2, 0.25) is 15.9 Å². The molecular weight excluding hydrogens is 420 g/mol. The summed E-state index contributed by atoms with van der Waals surface area (Å²) in [5, 5.41) is 0. The number of carbonyl (C=O) groups excluding carboxylic acids is 1. The molecule has 3 aliphatic heterocycles. The molecule has 0 N–H and O–H groups in total. The number of piperazine rings is 1. The quantitative estimate of drug-likeness (QED) is 0.585. The molecule has 0 aliphatic carbocycles. The van der Waals surface area contributed by atoms with Gasteiger partial charge in [-0.15, -0.1) is 0 Å². The van der Waals surface area contributed by atoms with Crippen LogP contribution in [0.5, 0.6) is 0 Å². The smallest absolute Gasteiger partial charge is 0.243 e. The van der Waals surface area contributed by atoms with Crippen LogP contribution in [0.3, 0.4) is 0 Å². The molecule has 3 heterocycles. The number of nitrogens with zero attached hydrogens (tertiary/aromatic N) is 4. The molecule has 0 spiro atoms. The van der Waals surface area contributed by atoms with E-state index in [4.69, 9.17) is 9.47 Å². The minimum Gasteiger partial charge on any atom is -0.379 e. The van der Waals surface area contributed by atoms with Gasteiger partial charge in [-0.25, -0.2) is 8.42 Å². The summed E-state index contributed by atoms with van der Waals surface area (Å²) in [5.74, 6) is 0.178. The summed E-state index contributed by atoms with van der Waals surface area (Å²) >= 11 is 0. The average Bonchev–Trinajstić information content (AvgIpc) is 2.82. The molecule has 9 nitrogen and oxygen atoms in total. The summed E-state index contributed by atoms with van der Waals surface area (Å²) in [6.45, 7) is 8.85. The monoisotopic (exact) mass is 452 g/mol. The first kappa shape index (κ1) is 22.6. The van der Waals surface area contributed by atoms with Gasteiger partial charge in [0.05, 0.1) is 37.9 Å². The first-order valence-electron chi connectivity index (χ1n) is 11.0. The summed E-state index contributed by atoms with van der Waals surface area (Å²) < 4.78 is 37.9. The number of hydrogen-bond donors (Lipinski definition) is 0. The van der Waals surface area contributed by atoms with Crippen molar-refractivity contribution in [3.63, 3.8) is 0 Å². The Morgan fingerprint density at radius 2 is 1.45 bits per heavy atom. The third kappa shape index (κ3) is 5.82. The van der Waals surface area contributed by atoms with Gasteiger partial charge < -0.3 is 14.4 Å². The summed E-state index contributed by atoms with van der Waals surface area (Å²) in [6.07, 6.45) is 0. The fraction of sp³-hybridized carbons (Fsp3) is 0.667. The van der Waals surface area contributed by atoms with Gasteiger partial charge in [-0.05, 0) is 17.7 Å². The predicted molar refractivity (Wildman–Crippen MR) is 115 cm³/mol. The van der Waals surface area contributed by atoms with E-state index >= 15 is 0 Å². The molecule has 10 heteroatoms. The molecular formula is C21H32N4O5S. The van der Waals surface area contributed by atoms with Gasteiger partial charge in [0, 0.05) is 58.9 Å². The Bertz CT molecular complexity index is 845. The van der Waals surface area contributed by atoms with Crippen LogP contribution in [-0.4, -0.2) is 119 Å². The van der Waals surface area contributed by atoms with Crippen LogP contribution in [0.2, 0.25) is 0 Å². The molecule has 1 aromatic rings. The van der Waals surface area contributed by atoms with E-state index in [1.165, 1.54) is 4.31 Å². The van der Waals surface area contributed by atoms with Gasteiger partial charge in [0.25, 0.3) is 0 Å². The second kappa shape index (κ2) is 10.4. The lowest BCUT2D eigenvalue weighted by molar-refractivity contribution is -0.136. The molecule has 0 atom stereocenters. The lowest BCUT2D eigenvalue weighted by Gasteiger charge is -2.36. The third-order valence-corrected chi connectivity index (χ3v) is 7.99. The number of ether oxygens (including phenoxy) is 2. The fourth-order valence-corrected chi connectivity index (χ4v) is 5.69. The van der Waals surface area contributed by atoms with E-state index in [0.29, 0.717) is 70.6 Å². The van der Waals surface area contributed by atoms with Crippen molar-refractivity contribution in [3.8, 4) is 0 Å². The Kier molecular flexibility index (Phi) is 7.57. The molecule has 0 saturated carbocycles. The second-order valence-electron chi connectivity index (χ2n) is 8.21. The van der Waals surface area contributed by atoms with Crippen molar-refractivity contribution in [1.29, 1.82) is 0 Å². The molecule has 1 aromatic carbocycles. The minimum absolute atomic E-state index is 0.178. The van der Waals surface area contributed by atoms with E-state index < -0.39 is 10.0 Å². The van der Waals surface area contributed by atoms with Crippen molar-refractivity contribution in [2.75, 3.05) is 85.3 Å². The van der Waals surface area contributed by atoms with E-state index in [9.17, 15) is 13.2 Å². The summed E-state index contributed by atoms with van der Waals surface area (Å²) in [5.41, 5.74) is 0.993. The van der Waals surface area contributed by atoms with Crippen molar-refractivity contribution in [2.24, 2.45) is 0 Å². The molecule has 0 radical (unpaired) electrons. The van der Waals surface area contributed by atoms with Crippen LogP contribution < -0.4 is 0 Å². The molecule has 1 amide bonds. The molecule has 3 saturated heterocycles. The highest BCUT2D eigenvalue weighted by atomic mass is 32.2. The van der Waals surface area contributed by atoms with Crippen LogP contribution in [0.25, 0.3) is 0 Å². The van der Waals surface area contributed by atoms with Gasteiger partial charge in [-0.1, -0.05) is 12.1 Å². The van der Waals surface area contributed by atoms with Crippen LogP contribution >= 0.6 is 0 Å². The average molecular weight is 453 g/mol. The third-order valence-electron chi connectivity index (χ3n) is 6.10. The molecule has 172 valence electrons. The number of benzene rings is 1.